The number of rotatable bonds is 3. The molecule has 0 fully saturated rings. The van der Waals surface area contributed by atoms with Gasteiger partial charge in [-0.3, -0.25) is 0 Å². The largest absolute Gasteiger partial charge is 0.445 e. The molecule has 0 aliphatic carbocycles. The van der Waals surface area contributed by atoms with Gasteiger partial charge in [0.15, 0.2) is 0 Å². The molecule has 0 radical (unpaired) electrons. The summed E-state index contributed by atoms with van der Waals surface area (Å²) in [6.07, 6.45) is 0.468. The molecule has 0 bridgehead atoms. The maximum absolute atomic E-state index is 12.0. The van der Waals surface area contributed by atoms with Gasteiger partial charge in [-0.15, -0.1) is 0 Å². The van der Waals surface area contributed by atoms with Crippen LogP contribution in [0, 0.1) is 0 Å². The minimum atomic E-state index is -0.377. The van der Waals surface area contributed by atoms with E-state index in [0.717, 1.165) is 23.2 Å². The molecule has 1 amide bonds. The number of benzene rings is 2. The summed E-state index contributed by atoms with van der Waals surface area (Å²) in [6, 6.07) is 18.0. The molecule has 1 aliphatic rings. The molecule has 0 saturated carbocycles. The van der Waals surface area contributed by atoms with E-state index in [1.165, 1.54) is 0 Å². The molecular weight excluding hydrogens is 276 g/mol. The predicted octanol–water partition coefficient (Wildman–Crippen LogP) is 3.86. The molecule has 0 aromatic heterocycles. The molecule has 1 heterocycles. The zero-order valence-corrected chi connectivity index (χ0v) is 12.6. The second-order valence-corrected chi connectivity index (χ2v) is 5.63. The maximum Gasteiger partial charge on any atom is 0.407 e. The Morgan fingerprint density at radius 2 is 1.91 bits per heavy atom. The van der Waals surface area contributed by atoms with Crippen LogP contribution < -0.4 is 10.6 Å². The second-order valence-electron chi connectivity index (χ2n) is 5.63. The molecule has 3 rings (SSSR count). The van der Waals surface area contributed by atoms with Gasteiger partial charge in [0.1, 0.15) is 6.61 Å². The van der Waals surface area contributed by atoms with E-state index in [4.69, 9.17) is 4.74 Å². The monoisotopic (exact) mass is 296 g/mol. The number of hydrogen-bond acceptors (Lipinski definition) is 3. The number of alkyl carbamates (subject to hydrolysis) is 1. The Hall–Kier alpha value is -2.49. The molecule has 0 saturated heterocycles. The number of anilines is 1. The first-order valence-corrected chi connectivity index (χ1v) is 7.55. The van der Waals surface area contributed by atoms with Gasteiger partial charge in [-0.2, -0.15) is 0 Å². The van der Waals surface area contributed by atoms with Crippen LogP contribution in [-0.4, -0.2) is 12.1 Å². The molecule has 1 aliphatic heterocycles. The van der Waals surface area contributed by atoms with Crippen LogP contribution in [0.3, 0.4) is 0 Å². The van der Waals surface area contributed by atoms with Crippen LogP contribution in [0.4, 0.5) is 10.5 Å². The van der Waals surface area contributed by atoms with Crippen LogP contribution in [0.2, 0.25) is 0 Å². The van der Waals surface area contributed by atoms with Crippen LogP contribution in [0.5, 0.6) is 0 Å². The minimum absolute atomic E-state index is 0.0178. The first-order chi connectivity index (χ1) is 10.7. The van der Waals surface area contributed by atoms with Crippen LogP contribution in [0.15, 0.2) is 54.6 Å². The molecule has 0 spiro atoms. The average molecular weight is 296 g/mol. The predicted molar refractivity (Wildman–Crippen MR) is 86.6 cm³/mol. The van der Waals surface area contributed by atoms with Crippen LogP contribution in [0.1, 0.15) is 30.5 Å². The first-order valence-electron chi connectivity index (χ1n) is 7.55. The minimum Gasteiger partial charge on any atom is -0.445 e. The molecule has 2 aromatic carbocycles. The van der Waals surface area contributed by atoms with E-state index in [-0.39, 0.29) is 18.7 Å². The van der Waals surface area contributed by atoms with Crippen molar-refractivity contribution in [2.75, 3.05) is 5.32 Å². The maximum atomic E-state index is 12.0. The lowest BCUT2D eigenvalue weighted by Crippen LogP contribution is -2.36. The van der Waals surface area contributed by atoms with E-state index in [0.29, 0.717) is 6.04 Å². The fraction of sp³-hybridized carbons (Fsp3) is 0.278. The van der Waals surface area contributed by atoms with Gasteiger partial charge in [-0.25, -0.2) is 4.79 Å². The average Bonchev–Trinajstić information content (AvgIpc) is 2.54. The molecule has 4 nitrogen and oxygen atoms in total. The number of hydrogen-bond donors (Lipinski definition) is 2. The number of ether oxygens (including phenoxy) is 1. The lowest BCUT2D eigenvalue weighted by Gasteiger charge is -2.31. The Labute approximate surface area is 130 Å². The Bertz CT molecular complexity index is 643. The smallest absolute Gasteiger partial charge is 0.407 e. The van der Waals surface area contributed by atoms with Crippen LogP contribution >= 0.6 is 0 Å². The molecule has 22 heavy (non-hydrogen) atoms. The van der Waals surface area contributed by atoms with Crippen molar-refractivity contribution in [1.82, 2.24) is 5.32 Å². The standard InChI is InChI=1S/C18H20N2O2/c1-13-11-17(15-9-5-6-10-16(15)19-13)20-18(21)22-12-14-7-3-2-4-8-14/h2-10,13,17,19H,11-12H2,1H3,(H,20,21)/t13?,17-/m0/s1. The molecule has 4 heteroatoms. The van der Waals surface area contributed by atoms with Crippen LogP contribution in [-0.2, 0) is 11.3 Å². The molecule has 2 N–H and O–H groups in total. The summed E-state index contributed by atoms with van der Waals surface area (Å²) in [5, 5.41) is 6.40. The lowest BCUT2D eigenvalue weighted by molar-refractivity contribution is 0.134. The lowest BCUT2D eigenvalue weighted by atomic mass is 9.94. The highest BCUT2D eigenvalue weighted by molar-refractivity contribution is 5.69. The van der Waals surface area contributed by atoms with Gasteiger partial charge >= 0.3 is 6.09 Å². The van der Waals surface area contributed by atoms with Crippen molar-refractivity contribution in [3.8, 4) is 0 Å². The van der Waals surface area contributed by atoms with Gasteiger partial charge in [0.25, 0.3) is 0 Å². The van der Waals surface area contributed by atoms with E-state index in [1.54, 1.807) is 0 Å². The first kappa shape index (κ1) is 14.4. The van der Waals surface area contributed by atoms with Crippen molar-refractivity contribution in [1.29, 1.82) is 0 Å². The SMILES string of the molecule is CC1C[C@H](NC(=O)OCc2ccccc2)c2ccccc2N1. The number of amides is 1. The van der Waals surface area contributed by atoms with Crippen LogP contribution in [0.25, 0.3) is 0 Å². The molecular formula is C18H20N2O2. The highest BCUT2D eigenvalue weighted by atomic mass is 16.5. The van der Waals surface area contributed by atoms with E-state index in [1.807, 2.05) is 54.6 Å². The summed E-state index contributed by atoms with van der Waals surface area (Å²) in [7, 11) is 0. The van der Waals surface area contributed by atoms with E-state index >= 15 is 0 Å². The van der Waals surface area contributed by atoms with Gasteiger partial charge in [0.05, 0.1) is 6.04 Å². The third kappa shape index (κ3) is 3.39. The number of para-hydroxylation sites is 1. The summed E-state index contributed by atoms with van der Waals surface area (Å²) in [5.74, 6) is 0. The highest BCUT2D eigenvalue weighted by Crippen LogP contribution is 2.32. The third-order valence-corrected chi connectivity index (χ3v) is 3.83. The third-order valence-electron chi connectivity index (χ3n) is 3.83. The normalized spacial score (nSPS) is 19.7. The van der Waals surface area contributed by atoms with E-state index in [9.17, 15) is 4.79 Å². The summed E-state index contributed by atoms with van der Waals surface area (Å²) >= 11 is 0. The number of carbonyl (C=O) groups excluding carboxylic acids is 1. The summed E-state index contributed by atoms with van der Waals surface area (Å²) in [4.78, 5) is 12.0. The number of fused-ring (bicyclic) bond motifs is 1. The molecule has 2 atom stereocenters. The van der Waals surface area contributed by atoms with Crippen molar-refractivity contribution in [2.45, 2.75) is 32.0 Å². The molecule has 1 unspecified atom stereocenters. The Morgan fingerprint density at radius 3 is 2.73 bits per heavy atom. The van der Waals surface area contributed by atoms with E-state index in [2.05, 4.69) is 17.6 Å². The van der Waals surface area contributed by atoms with Gasteiger partial charge in [0, 0.05) is 11.7 Å². The van der Waals surface area contributed by atoms with Crippen molar-refractivity contribution in [3.63, 3.8) is 0 Å². The summed E-state index contributed by atoms with van der Waals surface area (Å²) in [5.41, 5.74) is 3.17. The Kier molecular flexibility index (Phi) is 4.28. The van der Waals surface area contributed by atoms with Gasteiger partial charge < -0.3 is 15.4 Å². The summed E-state index contributed by atoms with van der Waals surface area (Å²) in [6.45, 7) is 2.40. The number of carbonyl (C=O) groups is 1. The van der Waals surface area contributed by atoms with Crippen molar-refractivity contribution >= 4 is 11.8 Å². The highest BCUT2D eigenvalue weighted by Gasteiger charge is 2.25. The van der Waals surface area contributed by atoms with Crippen molar-refractivity contribution in [2.24, 2.45) is 0 Å². The molecule has 114 valence electrons. The fourth-order valence-electron chi connectivity index (χ4n) is 2.78. The van der Waals surface area contributed by atoms with Gasteiger partial charge in [-0.1, -0.05) is 48.5 Å². The summed E-state index contributed by atoms with van der Waals surface area (Å²) < 4.78 is 5.31. The van der Waals surface area contributed by atoms with E-state index < -0.39 is 0 Å². The zero-order chi connectivity index (χ0) is 15.4. The molecule has 2 aromatic rings. The fourth-order valence-corrected chi connectivity index (χ4v) is 2.78. The van der Waals surface area contributed by atoms with Crippen molar-refractivity contribution < 1.29 is 9.53 Å². The van der Waals surface area contributed by atoms with Gasteiger partial charge in [0.2, 0.25) is 0 Å². The second kappa shape index (κ2) is 6.52. The Morgan fingerprint density at radius 1 is 1.18 bits per heavy atom. The topological polar surface area (TPSA) is 50.4 Å². The Balaban J connectivity index is 1.62. The van der Waals surface area contributed by atoms with Gasteiger partial charge in [-0.05, 0) is 30.5 Å². The zero-order valence-electron chi connectivity index (χ0n) is 12.6. The quantitative estimate of drug-likeness (QED) is 0.904. The van der Waals surface area contributed by atoms with Crippen molar-refractivity contribution in [3.05, 3.63) is 65.7 Å². The number of nitrogens with one attached hydrogen (secondary N) is 2.